The number of piperidine rings is 1. The van der Waals surface area contributed by atoms with Crippen LogP contribution >= 0.6 is 12.4 Å². The van der Waals surface area contributed by atoms with Crippen molar-refractivity contribution < 1.29 is 4.79 Å². The van der Waals surface area contributed by atoms with E-state index in [1.807, 2.05) is 53.4 Å². The zero-order valence-corrected chi connectivity index (χ0v) is 15.2. The molecule has 1 heterocycles. The summed E-state index contributed by atoms with van der Waals surface area (Å²) in [5.74, 6) is 0.496. The van der Waals surface area contributed by atoms with Crippen LogP contribution in [0.15, 0.2) is 60.7 Å². The molecule has 2 aromatic carbocycles. The molecule has 1 unspecified atom stereocenters. The van der Waals surface area contributed by atoms with Crippen molar-refractivity contribution in [1.82, 2.24) is 5.32 Å². The van der Waals surface area contributed by atoms with Gasteiger partial charge in [-0.25, -0.2) is 0 Å². The first-order valence-electron chi connectivity index (χ1n) is 8.90. The maximum Gasteiger partial charge on any atom is 0.230 e. The highest BCUT2D eigenvalue weighted by molar-refractivity contribution is 5.97. The number of carbonyl (C=O) groups excluding carboxylic acids is 1. The van der Waals surface area contributed by atoms with Crippen molar-refractivity contribution in [3.63, 3.8) is 0 Å². The number of hydrogen-bond acceptors (Lipinski definition) is 2. The number of hydrogen-bond donors (Lipinski definition) is 1. The molecule has 1 aliphatic heterocycles. The van der Waals surface area contributed by atoms with Gasteiger partial charge in [0, 0.05) is 11.6 Å². The van der Waals surface area contributed by atoms with Gasteiger partial charge in [0.05, 0.1) is 6.54 Å². The number of halogens is 1. The van der Waals surface area contributed by atoms with Crippen LogP contribution in [0.4, 0.5) is 5.69 Å². The van der Waals surface area contributed by atoms with Gasteiger partial charge in [-0.1, -0.05) is 48.5 Å². The van der Waals surface area contributed by atoms with Crippen LogP contribution < -0.4 is 10.2 Å². The summed E-state index contributed by atoms with van der Waals surface area (Å²) in [7, 11) is 0. The second kappa shape index (κ2) is 7.59. The molecule has 2 fully saturated rings. The van der Waals surface area contributed by atoms with E-state index in [4.69, 9.17) is 0 Å². The Morgan fingerprint density at radius 2 is 1.60 bits per heavy atom. The van der Waals surface area contributed by atoms with Gasteiger partial charge in [0.15, 0.2) is 0 Å². The molecule has 1 saturated heterocycles. The highest BCUT2D eigenvalue weighted by atomic mass is 35.5. The number of nitrogens with zero attached hydrogens (tertiary/aromatic N) is 1. The molecule has 25 heavy (non-hydrogen) atoms. The number of nitrogens with one attached hydrogen (secondary N) is 1. The average Bonchev–Trinajstić information content (AvgIpc) is 3.34. The number of amides is 1. The third-order valence-corrected chi connectivity index (χ3v) is 5.60. The lowest BCUT2D eigenvalue weighted by molar-refractivity contribution is -0.120. The minimum atomic E-state index is 0. The maximum atomic E-state index is 13.3. The van der Waals surface area contributed by atoms with Gasteiger partial charge in [-0.05, 0) is 55.5 Å². The third-order valence-electron chi connectivity index (χ3n) is 5.60. The van der Waals surface area contributed by atoms with Crippen LogP contribution in [0.3, 0.4) is 0 Å². The fourth-order valence-corrected chi connectivity index (χ4v) is 4.03. The Hall–Kier alpha value is -1.84. The van der Waals surface area contributed by atoms with Crippen molar-refractivity contribution in [1.29, 1.82) is 0 Å². The topological polar surface area (TPSA) is 32.3 Å². The summed E-state index contributed by atoms with van der Waals surface area (Å²) in [5.41, 5.74) is 2.45. The lowest BCUT2D eigenvalue weighted by atomic mass is 9.91. The first kappa shape index (κ1) is 18.0. The quantitative estimate of drug-likeness (QED) is 0.897. The van der Waals surface area contributed by atoms with Crippen LogP contribution in [0.25, 0.3) is 0 Å². The molecule has 2 aliphatic rings. The average molecular weight is 357 g/mol. The lowest BCUT2D eigenvalue weighted by Gasteiger charge is -2.27. The number of anilines is 1. The monoisotopic (exact) mass is 356 g/mol. The molecule has 1 N–H and O–H groups in total. The first-order chi connectivity index (χ1) is 11.8. The first-order valence-corrected chi connectivity index (χ1v) is 8.90. The number of rotatable bonds is 4. The molecule has 1 saturated carbocycles. The van der Waals surface area contributed by atoms with Crippen molar-refractivity contribution >= 4 is 24.0 Å². The van der Waals surface area contributed by atoms with Gasteiger partial charge in [-0.2, -0.15) is 0 Å². The molecular formula is C21H25ClN2O. The van der Waals surface area contributed by atoms with E-state index in [1.165, 1.54) is 5.56 Å². The predicted octanol–water partition coefficient (Wildman–Crippen LogP) is 4.03. The Kier molecular flexibility index (Phi) is 5.45. The van der Waals surface area contributed by atoms with Crippen LogP contribution in [-0.4, -0.2) is 19.0 Å². The van der Waals surface area contributed by atoms with Crippen LogP contribution in [0, 0.1) is 11.3 Å². The summed E-state index contributed by atoms with van der Waals surface area (Å²) in [6, 6.07) is 20.4. The van der Waals surface area contributed by atoms with Gasteiger partial charge in [0.25, 0.3) is 0 Å². The van der Waals surface area contributed by atoms with E-state index in [1.54, 1.807) is 0 Å². The van der Waals surface area contributed by atoms with Gasteiger partial charge in [0.2, 0.25) is 5.91 Å². The second-order valence-corrected chi connectivity index (χ2v) is 7.11. The minimum absolute atomic E-state index is 0. The van der Waals surface area contributed by atoms with Gasteiger partial charge in [0.1, 0.15) is 0 Å². The molecule has 4 heteroatoms. The summed E-state index contributed by atoms with van der Waals surface area (Å²) in [4.78, 5) is 15.3. The SMILES string of the molecule is Cl.O=C(C1CC12CCNCC2)N(Cc1ccccc1)c1ccccc1. The van der Waals surface area contributed by atoms with Crippen molar-refractivity contribution in [2.24, 2.45) is 11.3 Å². The number of benzene rings is 2. The fourth-order valence-electron chi connectivity index (χ4n) is 4.03. The third kappa shape index (κ3) is 3.73. The molecule has 3 nitrogen and oxygen atoms in total. The van der Waals surface area contributed by atoms with Crippen LogP contribution in [0.1, 0.15) is 24.8 Å². The van der Waals surface area contributed by atoms with Gasteiger partial charge in [-0.15, -0.1) is 12.4 Å². The Bertz CT molecular complexity index is 698. The number of para-hydroxylation sites is 1. The molecular weight excluding hydrogens is 332 g/mol. The Balaban J connectivity index is 0.00000182. The van der Waals surface area contributed by atoms with E-state index in [-0.39, 0.29) is 23.7 Å². The predicted molar refractivity (Wildman–Crippen MR) is 104 cm³/mol. The van der Waals surface area contributed by atoms with Gasteiger partial charge >= 0.3 is 0 Å². The molecule has 2 aromatic rings. The second-order valence-electron chi connectivity index (χ2n) is 7.11. The van der Waals surface area contributed by atoms with E-state index < -0.39 is 0 Å². The van der Waals surface area contributed by atoms with Crippen LogP contribution in [-0.2, 0) is 11.3 Å². The normalized spacial score (nSPS) is 20.6. The maximum absolute atomic E-state index is 13.3. The molecule has 0 radical (unpaired) electrons. The van der Waals surface area contributed by atoms with E-state index in [0.717, 1.165) is 38.0 Å². The van der Waals surface area contributed by atoms with E-state index in [0.29, 0.717) is 12.5 Å². The highest BCUT2D eigenvalue weighted by Crippen LogP contribution is 2.59. The van der Waals surface area contributed by atoms with E-state index in [9.17, 15) is 4.79 Å². The molecule has 1 atom stereocenters. The molecule has 132 valence electrons. The van der Waals surface area contributed by atoms with Crippen LogP contribution in [0.5, 0.6) is 0 Å². The van der Waals surface area contributed by atoms with Gasteiger partial charge < -0.3 is 10.2 Å². The summed E-state index contributed by atoms with van der Waals surface area (Å²) >= 11 is 0. The molecule has 4 rings (SSSR count). The summed E-state index contributed by atoms with van der Waals surface area (Å²) in [5, 5.41) is 3.42. The van der Waals surface area contributed by atoms with Crippen molar-refractivity contribution in [2.45, 2.75) is 25.8 Å². The Morgan fingerprint density at radius 1 is 1.00 bits per heavy atom. The Morgan fingerprint density at radius 3 is 2.24 bits per heavy atom. The van der Waals surface area contributed by atoms with E-state index >= 15 is 0 Å². The summed E-state index contributed by atoms with van der Waals surface area (Å²) in [6.07, 6.45) is 3.33. The van der Waals surface area contributed by atoms with Crippen molar-refractivity contribution in [2.75, 3.05) is 18.0 Å². The van der Waals surface area contributed by atoms with Crippen molar-refractivity contribution in [3.05, 3.63) is 66.2 Å². The molecule has 0 bridgehead atoms. The fraction of sp³-hybridized carbons (Fsp3) is 0.381. The minimum Gasteiger partial charge on any atom is -0.317 e. The molecule has 1 aliphatic carbocycles. The lowest BCUT2D eigenvalue weighted by Crippen LogP contribution is -2.36. The van der Waals surface area contributed by atoms with Crippen LogP contribution in [0.2, 0.25) is 0 Å². The molecule has 1 spiro atoms. The largest absolute Gasteiger partial charge is 0.317 e. The summed E-state index contributed by atoms with van der Waals surface area (Å²) in [6.45, 7) is 2.75. The standard InChI is InChI=1S/C21H24N2O.ClH/c24-20(19-15-21(19)11-13-22-14-12-21)23(18-9-5-2-6-10-18)16-17-7-3-1-4-8-17;/h1-10,19,22H,11-16H2;1H. The zero-order chi connectivity index (χ0) is 16.4. The smallest absolute Gasteiger partial charge is 0.230 e. The number of carbonyl (C=O) groups is 1. The highest BCUT2D eigenvalue weighted by Gasteiger charge is 2.58. The molecule has 0 aromatic heterocycles. The van der Waals surface area contributed by atoms with Crippen molar-refractivity contribution in [3.8, 4) is 0 Å². The Labute approximate surface area is 155 Å². The summed E-state index contributed by atoms with van der Waals surface area (Å²) < 4.78 is 0. The zero-order valence-electron chi connectivity index (χ0n) is 14.4. The van der Waals surface area contributed by atoms with Gasteiger partial charge in [-0.3, -0.25) is 4.79 Å². The van der Waals surface area contributed by atoms with E-state index in [2.05, 4.69) is 17.4 Å². The molecule has 1 amide bonds.